The van der Waals surface area contributed by atoms with Crippen LogP contribution in [0.4, 0.5) is 17.3 Å². The Labute approximate surface area is 206 Å². The fourth-order valence-electron chi connectivity index (χ4n) is 4.87. The zero-order valence-electron chi connectivity index (χ0n) is 20.5. The minimum Gasteiger partial charge on any atom is -0.374 e. The van der Waals surface area contributed by atoms with Crippen LogP contribution in [0.3, 0.4) is 0 Å². The lowest BCUT2D eigenvalue weighted by molar-refractivity contribution is 0.187. The summed E-state index contributed by atoms with van der Waals surface area (Å²) >= 11 is 0. The van der Waals surface area contributed by atoms with Crippen molar-refractivity contribution in [1.29, 1.82) is 0 Å². The van der Waals surface area contributed by atoms with Crippen LogP contribution in [0, 0.1) is 6.92 Å². The number of aliphatic hydroxyl groups excluding tert-OH is 1. The number of nitrogens with two attached hydrogens (primary N) is 1. The molecular formula is C27H33N7O. The number of rotatable bonds is 6. The molecule has 0 bridgehead atoms. The molecule has 1 fully saturated rings. The number of piperazine rings is 1. The number of fused-ring (bicyclic) bond motifs is 1. The molecule has 4 aromatic rings. The van der Waals surface area contributed by atoms with Crippen molar-refractivity contribution in [3.8, 4) is 5.82 Å². The van der Waals surface area contributed by atoms with Crippen LogP contribution in [0.2, 0.25) is 0 Å². The van der Waals surface area contributed by atoms with E-state index in [1.165, 1.54) is 11.3 Å². The molecule has 1 aliphatic heterocycles. The highest BCUT2D eigenvalue weighted by atomic mass is 16.3. The monoisotopic (exact) mass is 471 g/mol. The first kappa shape index (κ1) is 23.3. The van der Waals surface area contributed by atoms with E-state index in [0.717, 1.165) is 42.8 Å². The number of anilines is 3. The fraction of sp³-hybridized carbons (Fsp3) is 0.333. The van der Waals surface area contributed by atoms with Crippen LogP contribution >= 0.6 is 0 Å². The average Bonchev–Trinajstić information content (AvgIpc) is 3.25. The molecule has 0 radical (unpaired) electrons. The number of hydrogen-bond acceptors (Lipinski definition) is 7. The summed E-state index contributed by atoms with van der Waals surface area (Å²) in [6.07, 6.45) is 2.50. The van der Waals surface area contributed by atoms with E-state index in [4.69, 9.17) is 10.7 Å². The van der Waals surface area contributed by atoms with Crippen LogP contribution in [-0.4, -0.2) is 56.8 Å². The van der Waals surface area contributed by atoms with Gasteiger partial charge in [0, 0.05) is 66.9 Å². The van der Waals surface area contributed by atoms with Gasteiger partial charge in [0.15, 0.2) is 0 Å². The first-order valence-electron chi connectivity index (χ1n) is 12.1. The third kappa shape index (κ3) is 4.73. The smallest absolute Gasteiger partial charge is 0.229 e. The molecule has 5 rings (SSSR count). The van der Waals surface area contributed by atoms with Gasteiger partial charge in [-0.2, -0.15) is 4.98 Å². The van der Waals surface area contributed by atoms with Gasteiger partial charge in [-0.3, -0.25) is 4.90 Å². The molecule has 2 aromatic heterocycles. The molecule has 8 nitrogen and oxygen atoms in total. The van der Waals surface area contributed by atoms with Crippen molar-refractivity contribution in [3.63, 3.8) is 0 Å². The summed E-state index contributed by atoms with van der Waals surface area (Å²) < 4.78 is 1.93. The number of hydrogen-bond donors (Lipinski definition) is 3. The molecular weight excluding hydrogens is 438 g/mol. The van der Waals surface area contributed by atoms with Gasteiger partial charge >= 0.3 is 0 Å². The molecule has 3 heterocycles. The number of aliphatic hydroxyl groups is 1. The van der Waals surface area contributed by atoms with E-state index < -0.39 is 6.23 Å². The quantitative estimate of drug-likeness (QED) is 0.367. The van der Waals surface area contributed by atoms with Gasteiger partial charge in [0.1, 0.15) is 12.0 Å². The minimum absolute atomic E-state index is 0.507. The Kier molecular flexibility index (Phi) is 6.42. The van der Waals surface area contributed by atoms with Gasteiger partial charge in [0.05, 0.1) is 5.52 Å². The van der Waals surface area contributed by atoms with Gasteiger partial charge in [-0.15, -0.1) is 0 Å². The highest BCUT2D eigenvalue weighted by molar-refractivity contribution is 5.85. The molecule has 0 spiro atoms. The zero-order valence-corrected chi connectivity index (χ0v) is 20.5. The van der Waals surface area contributed by atoms with Crippen LogP contribution < -0.4 is 16.0 Å². The van der Waals surface area contributed by atoms with Crippen LogP contribution in [0.1, 0.15) is 31.2 Å². The van der Waals surface area contributed by atoms with Gasteiger partial charge < -0.3 is 25.6 Å². The Hall–Kier alpha value is -3.46. The van der Waals surface area contributed by atoms with Gasteiger partial charge in [-0.05, 0) is 56.7 Å². The number of para-hydroxylation sites is 1. The van der Waals surface area contributed by atoms with E-state index in [1.54, 1.807) is 6.20 Å². The molecule has 1 aliphatic rings. The van der Waals surface area contributed by atoms with Crippen LogP contribution in [0.25, 0.3) is 16.7 Å². The summed E-state index contributed by atoms with van der Waals surface area (Å²) in [6.45, 7) is 10.9. The zero-order chi connectivity index (χ0) is 24.5. The molecule has 2 aromatic carbocycles. The number of aromatic nitrogens is 3. The summed E-state index contributed by atoms with van der Waals surface area (Å²) in [5.41, 5.74) is 10.8. The average molecular weight is 472 g/mol. The molecule has 182 valence electrons. The lowest BCUT2D eigenvalue weighted by atomic mass is 10.1. The summed E-state index contributed by atoms with van der Waals surface area (Å²) in [5, 5.41) is 14.3. The summed E-state index contributed by atoms with van der Waals surface area (Å²) in [6, 6.07) is 16.7. The minimum atomic E-state index is -1.06. The molecule has 8 heteroatoms. The molecule has 1 unspecified atom stereocenters. The normalized spacial score (nSPS) is 15.7. The number of nitrogens with zero attached hydrogens (tertiary/aromatic N) is 5. The van der Waals surface area contributed by atoms with Crippen molar-refractivity contribution >= 4 is 28.2 Å². The highest BCUT2D eigenvalue weighted by Crippen LogP contribution is 2.28. The first-order valence-corrected chi connectivity index (χ1v) is 12.1. The van der Waals surface area contributed by atoms with E-state index in [-0.39, 0.29) is 0 Å². The number of benzene rings is 2. The van der Waals surface area contributed by atoms with Crippen LogP contribution in [0.15, 0.2) is 60.9 Å². The third-order valence-electron chi connectivity index (χ3n) is 6.79. The Balaban J connectivity index is 1.36. The van der Waals surface area contributed by atoms with E-state index in [9.17, 15) is 5.11 Å². The van der Waals surface area contributed by atoms with Crippen molar-refractivity contribution in [2.45, 2.75) is 33.0 Å². The van der Waals surface area contributed by atoms with Gasteiger partial charge in [0.25, 0.3) is 0 Å². The number of aryl methyl sites for hydroxylation is 1. The Morgan fingerprint density at radius 2 is 1.80 bits per heavy atom. The lowest BCUT2D eigenvalue weighted by Crippen LogP contribution is -2.49. The first-order chi connectivity index (χ1) is 16.9. The van der Waals surface area contributed by atoms with Crippen molar-refractivity contribution in [2.75, 3.05) is 36.4 Å². The van der Waals surface area contributed by atoms with E-state index in [2.05, 4.69) is 59.1 Å². The van der Waals surface area contributed by atoms with E-state index in [1.807, 2.05) is 41.1 Å². The second-order valence-corrected chi connectivity index (χ2v) is 9.40. The second kappa shape index (κ2) is 9.65. The molecule has 0 aliphatic carbocycles. The topological polar surface area (TPSA) is 95.5 Å². The maximum atomic E-state index is 10.0. The van der Waals surface area contributed by atoms with Crippen molar-refractivity contribution in [3.05, 3.63) is 72.1 Å². The van der Waals surface area contributed by atoms with Crippen molar-refractivity contribution in [1.82, 2.24) is 19.4 Å². The Bertz CT molecular complexity index is 1320. The Morgan fingerprint density at radius 3 is 2.51 bits per heavy atom. The van der Waals surface area contributed by atoms with Crippen molar-refractivity contribution in [2.24, 2.45) is 5.73 Å². The lowest BCUT2D eigenvalue weighted by Gasteiger charge is -2.38. The van der Waals surface area contributed by atoms with Gasteiger partial charge in [-0.25, -0.2) is 4.98 Å². The predicted octanol–water partition coefficient (Wildman–Crippen LogP) is 3.95. The highest BCUT2D eigenvalue weighted by Gasteiger charge is 2.20. The summed E-state index contributed by atoms with van der Waals surface area (Å²) in [4.78, 5) is 14.1. The third-order valence-corrected chi connectivity index (χ3v) is 6.79. The van der Waals surface area contributed by atoms with Crippen LogP contribution in [-0.2, 0) is 0 Å². The fourth-order valence-corrected chi connectivity index (χ4v) is 4.87. The summed E-state index contributed by atoms with van der Waals surface area (Å²) in [7, 11) is 0. The molecule has 4 N–H and O–H groups in total. The SMILES string of the molecule is Cc1cc(Nc2nccc(-n3cc(C(N)O)c4ccccc43)n2)ccc1N1CCN(C(C)C)CC1. The Morgan fingerprint density at radius 1 is 1.03 bits per heavy atom. The second-order valence-electron chi connectivity index (χ2n) is 9.40. The van der Waals surface area contributed by atoms with E-state index in [0.29, 0.717) is 23.4 Å². The molecule has 1 atom stereocenters. The maximum absolute atomic E-state index is 10.0. The maximum Gasteiger partial charge on any atom is 0.229 e. The molecule has 0 amide bonds. The molecule has 1 saturated heterocycles. The van der Waals surface area contributed by atoms with Crippen molar-refractivity contribution < 1.29 is 5.11 Å². The predicted molar refractivity (Wildman–Crippen MR) is 141 cm³/mol. The number of nitrogens with one attached hydrogen (secondary N) is 1. The van der Waals surface area contributed by atoms with E-state index >= 15 is 0 Å². The molecule has 35 heavy (non-hydrogen) atoms. The largest absolute Gasteiger partial charge is 0.374 e. The summed E-state index contributed by atoms with van der Waals surface area (Å²) in [5.74, 6) is 1.20. The van der Waals surface area contributed by atoms with Gasteiger partial charge in [0.2, 0.25) is 5.95 Å². The molecule has 0 saturated carbocycles. The van der Waals surface area contributed by atoms with Crippen LogP contribution in [0.5, 0.6) is 0 Å². The standard InChI is InChI=1S/C27H33N7O/c1-18(2)32-12-14-33(15-13-32)23-9-8-20(16-19(23)3)30-27-29-11-10-25(31-27)34-17-22(26(28)35)21-6-4-5-7-24(21)34/h4-11,16-18,26,35H,12-15,28H2,1-3H3,(H,29,30,31). The van der Waals surface area contributed by atoms with Gasteiger partial charge in [-0.1, -0.05) is 18.2 Å².